The highest BCUT2D eigenvalue weighted by Gasteiger charge is 2.50. The summed E-state index contributed by atoms with van der Waals surface area (Å²) in [5, 5.41) is 10.6. The normalized spacial score (nSPS) is 31.0. The van der Waals surface area contributed by atoms with Crippen molar-refractivity contribution in [3.63, 3.8) is 0 Å². The molecule has 0 bridgehead atoms. The molecule has 1 amide bonds. The molecule has 1 saturated carbocycles. The van der Waals surface area contributed by atoms with E-state index in [1.807, 2.05) is 20.8 Å². The average molecular weight is 313 g/mol. The molecule has 0 spiro atoms. The summed E-state index contributed by atoms with van der Waals surface area (Å²) in [4.78, 5) is 25.4. The molecule has 126 valence electrons. The molecule has 2 rings (SSSR count). The predicted molar refractivity (Wildman–Crippen MR) is 80.2 cm³/mol. The lowest BCUT2D eigenvalue weighted by molar-refractivity contribution is -0.148. The molecule has 0 aromatic carbocycles. The highest BCUT2D eigenvalue weighted by atomic mass is 16.6. The Balaban J connectivity index is 1.87. The maximum Gasteiger partial charge on any atom is 0.410 e. The van der Waals surface area contributed by atoms with Crippen LogP contribution in [0.25, 0.3) is 0 Å². The Morgan fingerprint density at radius 2 is 1.77 bits per heavy atom. The van der Waals surface area contributed by atoms with Gasteiger partial charge in [-0.25, -0.2) is 4.79 Å². The van der Waals surface area contributed by atoms with E-state index in [2.05, 4.69) is 0 Å². The number of esters is 1. The van der Waals surface area contributed by atoms with Crippen LogP contribution in [0.3, 0.4) is 0 Å². The maximum absolute atomic E-state index is 12.1. The van der Waals surface area contributed by atoms with Crippen molar-refractivity contribution in [2.45, 2.75) is 58.2 Å². The quantitative estimate of drug-likeness (QED) is 0.806. The summed E-state index contributed by atoms with van der Waals surface area (Å²) in [7, 11) is 0. The Labute approximate surface area is 131 Å². The number of hydrogen-bond acceptors (Lipinski definition) is 5. The maximum atomic E-state index is 12.1. The van der Waals surface area contributed by atoms with E-state index in [-0.39, 0.29) is 30.3 Å². The highest BCUT2D eigenvalue weighted by molar-refractivity contribution is 5.71. The first-order valence-corrected chi connectivity index (χ1v) is 7.98. The minimum Gasteiger partial charge on any atom is -0.466 e. The molecule has 1 N–H and O–H groups in total. The molecule has 1 heterocycles. The number of likely N-dealkylation sites (tertiary alicyclic amines) is 1. The lowest BCUT2D eigenvalue weighted by atomic mass is 9.96. The molecular weight excluding hydrogens is 286 g/mol. The zero-order chi connectivity index (χ0) is 16.5. The summed E-state index contributed by atoms with van der Waals surface area (Å²) in [5.41, 5.74) is -1.49. The zero-order valence-electron chi connectivity index (χ0n) is 13.9. The van der Waals surface area contributed by atoms with Crippen molar-refractivity contribution >= 4 is 12.1 Å². The summed E-state index contributed by atoms with van der Waals surface area (Å²) >= 11 is 0. The first-order valence-electron chi connectivity index (χ1n) is 7.98. The van der Waals surface area contributed by atoms with Gasteiger partial charge in [-0.3, -0.25) is 4.79 Å². The Hall–Kier alpha value is -1.30. The molecule has 2 atom stereocenters. The van der Waals surface area contributed by atoms with Crippen LogP contribution >= 0.6 is 0 Å². The molecule has 6 nitrogen and oxygen atoms in total. The SMILES string of the molecule is CCOC(=O)CC1(O)CC2CN(C(=O)OC(C)(C)C)CC2C1. The van der Waals surface area contributed by atoms with Crippen molar-refractivity contribution in [3.8, 4) is 0 Å². The van der Waals surface area contributed by atoms with Gasteiger partial charge in [0.15, 0.2) is 0 Å². The van der Waals surface area contributed by atoms with E-state index in [0.717, 1.165) is 0 Å². The second-order valence-corrected chi connectivity index (χ2v) is 7.52. The molecule has 2 unspecified atom stereocenters. The van der Waals surface area contributed by atoms with Crippen molar-refractivity contribution < 1.29 is 24.2 Å². The van der Waals surface area contributed by atoms with Crippen LogP contribution in [0.4, 0.5) is 4.79 Å². The number of rotatable bonds is 3. The third kappa shape index (κ3) is 4.12. The lowest BCUT2D eigenvalue weighted by Crippen LogP contribution is -2.38. The topological polar surface area (TPSA) is 76.1 Å². The molecule has 1 aliphatic carbocycles. The van der Waals surface area contributed by atoms with Gasteiger partial charge in [0, 0.05) is 13.1 Å². The molecule has 2 aliphatic rings. The fourth-order valence-corrected chi connectivity index (χ4v) is 3.56. The molecule has 0 aromatic heterocycles. The third-order valence-electron chi connectivity index (χ3n) is 4.29. The van der Waals surface area contributed by atoms with Gasteiger partial charge in [-0.05, 0) is 52.4 Å². The van der Waals surface area contributed by atoms with Crippen molar-refractivity contribution in [2.75, 3.05) is 19.7 Å². The summed E-state index contributed by atoms with van der Waals surface area (Å²) < 4.78 is 10.3. The minimum absolute atomic E-state index is 0.0419. The number of carbonyl (C=O) groups excluding carboxylic acids is 2. The van der Waals surface area contributed by atoms with Crippen LogP contribution in [-0.4, -0.2) is 53.0 Å². The van der Waals surface area contributed by atoms with Gasteiger partial charge < -0.3 is 19.5 Å². The van der Waals surface area contributed by atoms with Crippen LogP contribution in [0.5, 0.6) is 0 Å². The Kier molecular flexibility index (Phi) is 4.70. The largest absolute Gasteiger partial charge is 0.466 e. The van der Waals surface area contributed by atoms with Gasteiger partial charge in [-0.15, -0.1) is 0 Å². The molecule has 1 saturated heterocycles. The molecular formula is C16H27NO5. The fraction of sp³-hybridized carbons (Fsp3) is 0.875. The monoisotopic (exact) mass is 313 g/mol. The Bertz CT molecular complexity index is 428. The number of carbonyl (C=O) groups is 2. The molecule has 1 aliphatic heterocycles. The van der Waals surface area contributed by atoms with Crippen molar-refractivity contribution in [1.82, 2.24) is 4.90 Å². The average Bonchev–Trinajstić information content (AvgIpc) is 2.81. The first-order chi connectivity index (χ1) is 10.1. The van der Waals surface area contributed by atoms with E-state index in [1.165, 1.54) is 0 Å². The van der Waals surface area contributed by atoms with Crippen LogP contribution in [0.1, 0.15) is 47.0 Å². The van der Waals surface area contributed by atoms with Crippen molar-refractivity contribution in [1.29, 1.82) is 0 Å². The predicted octanol–water partition coefficient (Wildman–Crippen LogP) is 1.95. The van der Waals surface area contributed by atoms with Gasteiger partial charge in [0.1, 0.15) is 5.60 Å². The number of aliphatic hydroxyl groups is 1. The van der Waals surface area contributed by atoms with Crippen molar-refractivity contribution in [2.24, 2.45) is 11.8 Å². The van der Waals surface area contributed by atoms with Crippen molar-refractivity contribution in [3.05, 3.63) is 0 Å². The van der Waals surface area contributed by atoms with Crippen LogP contribution in [0, 0.1) is 11.8 Å². The second kappa shape index (κ2) is 6.07. The molecule has 2 fully saturated rings. The standard InChI is InChI=1S/C16H27NO5/c1-5-21-13(18)8-16(20)6-11-9-17(10-12(11)7-16)14(19)22-15(2,3)4/h11-12,20H,5-10H2,1-4H3. The van der Waals surface area contributed by atoms with Gasteiger partial charge in [0.25, 0.3) is 0 Å². The van der Waals surface area contributed by atoms with E-state index in [0.29, 0.717) is 32.5 Å². The lowest BCUT2D eigenvalue weighted by Gasteiger charge is -2.27. The van der Waals surface area contributed by atoms with E-state index in [1.54, 1.807) is 11.8 Å². The summed E-state index contributed by atoms with van der Waals surface area (Å²) in [5.74, 6) is 0.105. The first kappa shape index (κ1) is 17.1. The molecule has 22 heavy (non-hydrogen) atoms. The summed E-state index contributed by atoms with van der Waals surface area (Å²) in [6.45, 7) is 8.80. The van der Waals surface area contributed by atoms with Crippen LogP contribution < -0.4 is 0 Å². The zero-order valence-corrected chi connectivity index (χ0v) is 13.9. The summed E-state index contributed by atoms with van der Waals surface area (Å²) in [6, 6.07) is 0. The summed E-state index contributed by atoms with van der Waals surface area (Å²) in [6.07, 6.45) is 0.821. The molecule has 0 aromatic rings. The smallest absolute Gasteiger partial charge is 0.410 e. The van der Waals surface area contributed by atoms with Gasteiger partial charge in [0.2, 0.25) is 0 Å². The Morgan fingerprint density at radius 3 is 2.23 bits per heavy atom. The van der Waals surface area contributed by atoms with Gasteiger partial charge in [-0.2, -0.15) is 0 Å². The van der Waals surface area contributed by atoms with E-state index >= 15 is 0 Å². The second-order valence-electron chi connectivity index (χ2n) is 7.52. The van der Waals surface area contributed by atoms with Crippen LogP contribution in [-0.2, 0) is 14.3 Å². The number of amides is 1. The molecule has 0 radical (unpaired) electrons. The van der Waals surface area contributed by atoms with Gasteiger partial charge >= 0.3 is 12.1 Å². The van der Waals surface area contributed by atoms with E-state index in [9.17, 15) is 14.7 Å². The van der Waals surface area contributed by atoms with E-state index < -0.39 is 11.2 Å². The molecule has 6 heteroatoms. The number of hydrogen-bond donors (Lipinski definition) is 1. The number of ether oxygens (including phenoxy) is 2. The number of fused-ring (bicyclic) bond motifs is 1. The van der Waals surface area contributed by atoms with Crippen LogP contribution in [0.2, 0.25) is 0 Å². The van der Waals surface area contributed by atoms with Gasteiger partial charge in [-0.1, -0.05) is 0 Å². The Morgan fingerprint density at radius 1 is 1.23 bits per heavy atom. The number of nitrogens with zero attached hydrogens (tertiary/aromatic N) is 1. The highest BCUT2D eigenvalue weighted by Crippen LogP contribution is 2.45. The minimum atomic E-state index is -0.985. The third-order valence-corrected chi connectivity index (χ3v) is 4.29. The van der Waals surface area contributed by atoms with Crippen LogP contribution in [0.15, 0.2) is 0 Å². The fourth-order valence-electron chi connectivity index (χ4n) is 3.56. The van der Waals surface area contributed by atoms with E-state index in [4.69, 9.17) is 9.47 Å². The van der Waals surface area contributed by atoms with Gasteiger partial charge in [0.05, 0.1) is 18.6 Å².